The van der Waals surface area contributed by atoms with Crippen molar-refractivity contribution in [1.82, 2.24) is 0 Å². The average Bonchev–Trinajstić information content (AvgIpc) is 2.57. The number of nitrogens with zero attached hydrogens (tertiary/aromatic N) is 1. The van der Waals surface area contributed by atoms with E-state index in [1.165, 1.54) is 0 Å². The predicted molar refractivity (Wildman–Crippen MR) is 93.5 cm³/mol. The number of hydrogen-bond donors (Lipinski definition) is 1. The summed E-state index contributed by atoms with van der Waals surface area (Å²) in [6, 6.07) is 16.7. The highest BCUT2D eigenvalue weighted by Crippen LogP contribution is 2.14. The highest BCUT2D eigenvalue weighted by Gasteiger charge is 2.16. The lowest BCUT2D eigenvalue weighted by molar-refractivity contribution is -0.116. The quantitative estimate of drug-likeness (QED) is 0.848. The Labute approximate surface area is 139 Å². The molecule has 0 saturated heterocycles. The summed E-state index contributed by atoms with van der Waals surface area (Å²) in [6.45, 7) is 2.44. The summed E-state index contributed by atoms with van der Waals surface area (Å²) in [5.41, 5.74) is 2.54. The highest BCUT2D eigenvalue weighted by molar-refractivity contribution is 7.84. The zero-order valence-electron chi connectivity index (χ0n) is 13.1. The summed E-state index contributed by atoms with van der Waals surface area (Å²) >= 11 is 0. The molecule has 0 aliphatic rings. The van der Waals surface area contributed by atoms with Crippen molar-refractivity contribution < 1.29 is 14.1 Å². The van der Waals surface area contributed by atoms with Gasteiger partial charge in [0.05, 0.1) is 6.61 Å². The number of aliphatic hydroxyl groups excluding tert-OH is 1. The number of carbonyl (C=O) groups excluding carboxylic acids is 1. The Morgan fingerprint density at radius 3 is 2.22 bits per heavy atom. The van der Waals surface area contributed by atoms with Crippen molar-refractivity contribution in [3.05, 3.63) is 65.7 Å². The van der Waals surface area contributed by atoms with E-state index < -0.39 is 10.8 Å². The van der Waals surface area contributed by atoms with Crippen molar-refractivity contribution in [2.45, 2.75) is 19.3 Å². The number of anilines is 1. The van der Waals surface area contributed by atoms with Gasteiger partial charge in [-0.3, -0.25) is 9.00 Å². The minimum absolute atomic E-state index is 0.00445. The van der Waals surface area contributed by atoms with Gasteiger partial charge < -0.3 is 10.0 Å². The topological polar surface area (TPSA) is 57.6 Å². The maximum Gasteiger partial charge on any atom is 0.239 e. The van der Waals surface area contributed by atoms with Crippen LogP contribution in [0.2, 0.25) is 0 Å². The fourth-order valence-corrected chi connectivity index (χ4v) is 3.40. The van der Waals surface area contributed by atoms with Crippen LogP contribution in [0.4, 0.5) is 5.69 Å². The SMILES string of the molecule is CCN(C(=O)CS(=O)Cc1ccc(CO)cc1)c1ccccc1. The summed E-state index contributed by atoms with van der Waals surface area (Å²) in [5, 5.41) is 9.02. The van der Waals surface area contributed by atoms with E-state index in [0.717, 1.165) is 16.8 Å². The molecule has 1 amide bonds. The van der Waals surface area contributed by atoms with Gasteiger partial charge in [-0.25, -0.2) is 0 Å². The van der Waals surface area contributed by atoms with Crippen LogP contribution in [0.3, 0.4) is 0 Å². The van der Waals surface area contributed by atoms with Gasteiger partial charge in [0.2, 0.25) is 5.91 Å². The molecular weight excluding hydrogens is 310 g/mol. The minimum Gasteiger partial charge on any atom is -0.392 e. The summed E-state index contributed by atoms with van der Waals surface area (Å²) in [5.74, 6) is 0.206. The summed E-state index contributed by atoms with van der Waals surface area (Å²) < 4.78 is 12.2. The molecule has 0 heterocycles. The molecule has 5 heteroatoms. The number of benzene rings is 2. The van der Waals surface area contributed by atoms with Crippen molar-refractivity contribution in [2.24, 2.45) is 0 Å². The Kier molecular flexibility index (Phi) is 6.50. The molecule has 2 aromatic rings. The lowest BCUT2D eigenvalue weighted by Crippen LogP contribution is -2.34. The zero-order chi connectivity index (χ0) is 16.7. The van der Waals surface area contributed by atoms with Gasteiger partial charge in [-0.05, 0) is 30.2 Å². The van der Waals surface area contributed by atoms with Crippen LogP contribution in [-0.2, 0) is 28.0 Å². The van der Waals surface area contributed by atoms with Crippen molar-refractivity contribution in [3.8, 4) is 0 Å². The van der Waals surface area contributed by atoms with Crippen LogP contribution in [-0.4, -0.2) is 27.5 Å². The summed E-state index contributed by atoms with van der Waals surface area (Å²) in [4.78, 5) is 14.0. The maximum absolute atomic E-state index is 12.4. The van der Waals surface area contributed by atoms with Gasteiger partial charge in [-0.15, -0.1) is 0 Å². The summed E-state index contributed by atoms with van der Waals surface area (Å²) in [6.07, 6.45) is 0. The molecule has 1 atom stereocenters. The number of rotatable bonds is 7. The van der Waals surface area contributed by atoms with E-state index >= 15 is 0 Å². The monoisotopic (exact) mass is 331 g/mol. The third-order valence-electron chi connectivity index (χ3n) is 3.50. The first-order valence-corrected chi connectivity index (χ1v) is 9.02. The van der Waals surface area contributed by atoms with Crippen LogP contribution >= 0.6 is 0 Å². The smallest absolute Gasteiger partial charge is 0.239 e. The Balaban J connectivity index is 1.96. The molecule has 0 spiro atoms. The number of amides is 1. The molecule has 0 saturated carbocycles. The molecule has 0 aliphatic heterocycles. The van der Waals surface area contributed by atoms with Crippen LogP contribution in [0, 0.1) is 0 Å². The predicted octanol–water partition coefficient (Wildman–Crippen LogP) is 2.48. The molecule has 0 aliphatic carbocycles. The average molecular weight is 331 g/mol. The standard InChI is InChI=1S/C18H21NO3S/c1-2-19(17-6-4-3-5-7-17)18(21)14-23(22)13-16-10-8-15(12-20)9-11-16/h3-11,20H,2,12-14H2,1H3. The first kappa shape index (κ1) is 17.4. The molecule has 2 rings (SSSR count). The molecule has 122 valence electrons. The van der Waals surface area contributed by atoms with Crippen molar-refractivity contribution >= 4 is 22.4 Å². The highest BCUT2D eigenvalue weighted by atomic mass is 32.2. The number of carbonyl (C=O) groups is 1. The molecule has 1 unspecified atom stereocenters. The lowest BCUT2D eigenvalue weighted by atomic mass is 10.2. The Bertz CT molecular complexity index is 656. The van der Waals surface area contributed by atoms with E-state index in [0.29, 0.717) is 12.3 Å². The van der Waals surface area contributed by atoms with Crippen molar-refractivity contribution in [1.29, 1.82) is 0 Å². The van der Waals surface area contributed by atoms with E-state index in [4.69, 9.17) is 5.11 Å². The fourth-order valence-electron chi connectivity index (χ4n) is 2.30. The molecule has 0 fully saturated rings. The first-order chi connectivity index (χ1) is 11.1. The van der Waals surface area contributed by atoms with Crippen LogP contribution < -0.4 is 4.90 Å². The molecule has 23 heavy (non-hydrogen) atoms. The Hall–Kier alpha value is -1.98. The van der Waals surface area contributed by atoms with E-state index in [9.17, 15) is 9.00 Å². The molecule has 2 aromatic carbocycles. The second-order valence-electron chi connectivity index (χ2n) is 5.18. The lowest BCUT2D eigenvalue weighted by Gasteiger charge is -2.20. The fraction of sp³-hybridized carbons (Fsp3) is 0.278. The number of hydrogen-bond acceptors (Lipinski definition) is 3. The third kappa shape index (κ3) is 5.01. The summed E-state index contributed by atoms with van der Waals surface area (Å²) in [7, 11) is -1.26. The van der Waals surface area contributed by atoms with Gasteiger partial charge in [0.15, 0.2) is 0 Å². The Morgan fingerprint density at radius 2 is 1.65 bits per heavy atom. The van der Waals surface area contributed by atoms with Gasteiger partial charge in [0.25, 0.3) is 0 Å². The molecule has 0 bridgehead atoms. The molecule has 0 aromatic heterocycles. The minimum atomic E-state index is -1.26. The molecule has 4 nitrogen and oxygen atoms in total. The van der Waals surface area contributed by atoms with Gasteiger partial charge in [-0.2, -0.15) is 0 Å². The van der Waals surface area contributed by atoms with E-state index in [1.54, 1.807) is 17.0 Å². The number of para-hydroxylation sites is 1. The third-order valence-corrected chi connectivity index (χ3v) is 4.73. The van der Waals surface area contributed by atoms with Gasteiger partial charge >= 0.3 is 0 Å². The van der Waals surface area contributed by atoms with E-state index in [1.807, 2.05) is 49.4 Å². The van der Waals surface area contributed by atoms with Gasteiger partial charge in [0, 0.05) is 28.8 Å². The maximum atomic E-state index is 12.4. The largest absolute Gasteiger partial charge is 0.392 e. The van der Waals surface area contributed by atoms with Crippen LogP contribution in [0.5, 0.6) is 0 Å². The zero-order valence-corrected chi connectivity index (χ0v) is 14.0. The van der Waals surface area contributed by atoms with Gasteiger partial charge in [0.1, 0.15) is 5.75 Å². The first-order valence-electron chi connectivity index (χ1n) is 7.53. The van der Waals surface area contributed by atoms with Crippen molar-refractivity contribution in [2.75, 3.05) is 17.2 Å². The molecule has 1 N–H and O–H groups in total. The van der Waals surface area contributed by atoms with Gasteiger partial charge in [-0.1, -0.05) is 42.5 Å². The van der Waals surface area contributed by atoms with Crippen LogP contribution in [0.25, 0.3) is 0 Å². The second-order valence-corrected chi connectivity index (χ2v) is 6.63. The molecular formula is C18H21NO3S. The second kappa shape index (κ2) is 8.60. The van der Waals surface area contributed by atoms with Crippen LogP contribution in [0.15, 0.2) is 54.6 Å². The van der Waals surface area contributed by atoms with E-state index in [2.05, 4.69) is 0 Å². The Morgan fingerprint density at radius 1 is 1.04 bits per heavy atom. The van der Waals surface area contributed by atoms with Crippen LogP contribution in [0.1, 0.15) is 18.1 Å². The van der Waals surface area contributed by atoms with Crippen molar-refractivity contribution in [3.63, 3.8) is 0 Å². The molecule has 0 radical (unpaired) electrons. The van der Waals surface area contributed by atoms with E-state index in [-0.39, 0.29) is 18.3 Å². The number of aliphatic hydroxyl groups is 1. The normalized spacial score (nSPS) is 11.9.